The van der Waals surface area contributed by atoms with E-state index >= 15 is 0 Å². The van der Waals surface area contributed by atoms with Crippen molar-refractivity contribution in [2.45, 2.75) is 45.1 Å². The fourth-order valence-electron chi connectivity index (χ4n) is 3.91. The summed E-state index contributed by atoms with van der Waals surface area (Å²) in [5.74, 6) is 0.910. The first-order valence-electron chi connectivity index (χ1n) is 8.75. The smallest absolute Gasteiger partial charge is 0.223 e. The molecular weight excluding hydrogens is 288 g/mol. The highest BCUT2D eigenvalue weighted by molar-refractivity contribution is 5.78. The van der Waals surface area contributed by atoms with Crippen LogP contribution in [0.1, 0.15) is 50.6 Å². The molecule has 0 unspecified atom stereocenters. The number of hydrogen-bond acceptors (Lipinski definition) is 2. The van der Waals surface area contributed by atoms with Crippen LogP contribution < -0.4 is 0 Å². The maximum atomic E-state index is 12.8. The molecular formula is C19H26N2O2. The van der Waals surface area contributed by atoms with Crippen molar-refractivity contribution >= 4 is 11.8 Å². The van der Waals surface area contributed by atoms with Crippen LogP contribution in [-0.2, 0) is 9.59 Å². The van der Waals surface area contributed by atoms with E-state index in [1.807, 2.05) is 28.0 Å². The van der Waals surface area contributed by atoms with E-state index in [1.54, 1.807) is 6.92 Å². The van der Waals surface area contributed by atoms with Crippen molar-refractivity contribution in [2.24, 2.45) is 5.92 Å². The molecule has 1 aliphatic carbocycles. The number of carbonyl (C=O) groups excluding carboxylic acids is 2. The number of nitrogens with zero attached hydrogens (tertiary/aromatic N) is 2. The predicted octanol–water partition coefficient (Wildman–Crippen LogP) is 3.00. The summed E-state index contributed by atoms with van der Waals surface area (Å²) < 4.78 is 0. The lowest BCUT2D eigenvalue weighted by Crippen LogP contribution is -2.52. The molecule has 23 heavy (non-hydrogen) atoms. The van der Waals surface area contributed by atoms with E-state index in [0.29, 0.717) is 32.0 Å². The monoisotopic (exact) mass is 314 g/mol. The van der Waals surface area contributed by atoms with Crippen LogP contribution >= 0.6 is 0 Å². The lowest BCUT2D eigenvalue weighted by atomic mass is 9.98. The van der Waals surface area contributed by atoms with Gasteiger partial charge in [-0.15, -0.1) is 0 Å². The summed E-state index contributed by atoms with van der Waals surface area (Å²) >= 11 is 0. The third-order valence-corrected chi connectivity index (χ3v) is 5.27. The number of piperazine rings is 1. The third kappa shape index (κ3) is 3.74. The summed E-state index contributed by atoms with van der Waals surface area (Å²) in [6.07, 6.45) is 5.57. The van der Waals surface area contributed by atoms with Gasteiger partial charge in [-0.1, -0.05) is 43.2 Å². The van der Waals surface area contributed by atoms with Gasteiger partial charge in [0.25, 0.3) is 0 Å². The fraction of sp³-hybridized carbons (Fsp3) is 0.579. The first-order valence-corrected chi connectivity index (χ1v) is 8.75. The van der Waals surface area contributed by atoms with Crippen LogP contribution in [-0.4, -0.2) is 41.2 Å². The zero-order chi connectivity index (χ0) is 16.2. The predicted molar refractivity (Wildman–Crippen MR) is 89.7 cm³/mol. The van der Waals surface area contributed by atoms with Crippen LogP contribution in [0.15, 0.2) is 30.3 Å². The average molecular weight is 314 g/mol. The Balaban J connectivity index is 1.76. The second-order valence-corrected chi connectivity index (χ2v) is 6.83. The number of amides is 2. The van der Waals surface area contributed by atoms with Gasteiger partial charge in [-0.2, -0.15) is 0 Å². The molecule has 2 fully saturated rings. The minimum atomic E-state index is -0.0113. The Morgan fingerprint density at radius 3 is 2.43 bits per heavy atom. The van der Waals surface area contributed by atoms with Crippen LogP contribution in [0.5, 0.6) is 0 Å². The van der Waals surface area contributed by atoms with Gasteiger partial charge in [-0.05, 0) is 24.3 Å². The maximum Gasteiger partial charge on any atom is 0.223 e. The van der Waals surface area contributed by atoms with Crippen molar-refractivity contribution in [1.82, 2.24) is 9.80 Å². The topological polar surface area (TPSA) is 40.6 Å². The standard InChI is InChI=1S/C19H26N2O2/c1-15(22)20-11-12-21(19(23)13-16-7-5-6-8-16)18(14-20)17-9-3-2-4-10-17/h2-4,9-10,16,18H,5-8,11-14H2,1H3/t18-/m1/s1. The van der Waals surface area contributed by atoms with Gasteiger partial charge >= 0.3 is 0 Å². The second kappa shape index (κ2) is 7.16. The minimum Gasteiger partial charge on any atom is -0.339 e. The highest BCUT2D eigenvalue weighted by Gasteiger charge is 2.33. The molecule has 3 rings (SSSR count). The van der Waals surface area contributed by atoms with Crippen molar-refractivity contribution in [3.8, 4) is 0 Å². The van der Waals surface area contributed by atoms with E-state index in [2.05, 4.69) is 12.1 Å². The van der Waals surface area contributed by atoms with Gasteiger partial charge in [-0.25, -0.2) is 0 Å². The number of benzene rings is 1. The molecule has 1 heterocycles. The molecule has 1 saturated heterocycles. The molecule has 0 aromatic heterocycles. The molecule has 1 aromatic carbocycles. The van der Waals surface area contributed by atoms with Crippen molar-refractivity contribution < 1.29 is 9.59 Å². The Bertz CT molecular complexity index is 552. The van der Waals surface area contributed by atoms with E-state index in [4.69, 9.17) is 0 Å². The third-order valence-electron chi connectivity index (χ3n) is 5.27. The Labute approximate surface area is 138 Å². The maximum absolute atomic E-state index is 12.8. The van der Waals surface area contributed by atoms with Crippen molar-refractivity contribution in [3.05, 3.63) is 35.9 Å². The molecule has 1 aromatic rings. The Hall–Kier alpha value is -1.84. The molecule has 1 aliphatic heterocycles. The lowest BCUT2D eigenvalue weighted by Gasteiger charge is -2.42. The van der Waals surface area contributed by atoms with Crippen LogP contribution in [0, 0.1) is 5.92 Å². The average Bonchev–Trinajstić information content (AvgIpc) is 3.08. The van der Waals surface area contributed by atoms with E-state index in [0.717, 1.165) is 5.56 Å². The van der Waals surface area contributed by atoms with Gasteiger partial charge in [0.05, 0.1) is 6.04 Å². The van der Waals surface area contributed by atoms with Gasteiger partial charge in [0.15, 0.2) is 0 Å². The van der Waals surface area contributed by atoms with Gasteiger partial charge in [0, 0.05) is 33.0 Å². The lowest BCUT2D eigenvalue weighted by molar-refractivity contribution is -0.142. The van der Waals surface area contributed by atoms with Crippen LogP contribution in [0.2, 0.25) is 0 Å². The SMILES string of the molecule is CC(=O)N1CCN(C(=O)CC2CCCC2)[C@@H](c2ccccc2)C1. The summed E-state index contributed by atoms with van der Waals surface area (Å²) in [5, 5.41) is 0. The van der Waals surface area contributed by atoms with Crippen molar-refractivity contribution in [3.63, 3.8) is 0 Å². The molecule has 1 atom stereocenters. The molecule has 4 nitrogen and oxygen atoms in total. The molecule has 4 heteroatoms. The first-order chi connectivity index (χ1) is 11.1. The van der Waals surface area contributed by atoms with Crippen LogP contribution in [0.25, 0.3) is 0 Å². The molecule has 0 spiro atoms. The Morgan fingerprint density at radius 1 is 1.09 bits per heavy atom. The van der Waals surface area contributed by atoms with Crippen molar-refractivity contribution in [2.75, 3.05) is 19.6 Å². The van der Waals surface area contributed by atoms with Gasteiger partial charge in [0.1, 0.15) is 0 Å². The molecule has 0 bridgehead atoms. The van der Waals surface area contributed by atoms with Gasteiger partial charge in [0.2, 0.25) is 11.8 Å². The summed E-state index contributed by atoms with van der Waals surface area (Å²) in [5.41, 5.74) is 1.12. The Kier molecular flexibility index (Phi) is 4.99. The number of hydrogen-bond donors (Lipinski definition) is 0. The molecule has 2 aliphatic rings. The van der Waals surface area contributed by atoms with E-state index < -0.39 is 0 Å². The second-order valence-electron chi connectivity index (χ2n) is 6.83. The Morgan fingerprint density at radius 2 is 1.78 bits per heavy atom. The summed E-state index contributed by atoms with van der Waals surface area (Å²) in [7, 11) is 0. The molecule has 0 N–H and O–H groups in total. The highest BCUT2D eigenvalue weighted by atomic mass is 16.2. The van der Waals surface area contributed by atoms with Crippen LogP contribution in [0.4, 0.5) is 0 Å². The van der Waals surface area contributed by atoms with Gasteiger partial charge in [-0.3, -0.25) is 9.59 Å². The van der Waals surface area contributed by atoms with E-state index in [9.17, 15) is 9.59 Å². The first kappa shape index (κ1) is 16.0. The quantitative estimate of drug-likeness (QED) is 0.860. The zero-order valence-electron chi connectivity index (χ0n) is 13.9. The highest BCUT2D eigenvalue weighted by Crippen LogP contribution is 2.31. The molecule has 124 valence electrons. The van der Waals surface area contributed by atoms with Crippen molar-refractivity contribution in [1.29, 1.82) is 0 Å². The molecule has 0 radical (unpaired) electrons. The largest absolute Gasteiger partial charge is 0.339 e. The normalized spacial score (nSPS) is 22.4. The minimum absolute atomic E-state index is 0.0113. The molecule has 2 amide bonds. The fourth-order valence-corrected chi connectivity index (χ4v) is 3.91. The summed E-state index contributed by atoms with van der Waals surface area (Å²) in [6, 6.07) is 10.1. The zero-order valence-corrected chi connectivity index (χ0v) is 13.9. The van der Waals surface area contributed by atoms with E-state index in [-0.39, 0.29) is 17.9 Å². The summed E-state index contributed by atoms with van der Waals surface area (Å²) in [4.78, 5) is 28.5. The summed E-state index contributed by atoms with van der Waals surface area (Å²) in [6.45, 7) is 3.51. The van der Waals surface area contributed by atoms with Gasteiger partial charge < -0.3 is 9.80 Å². The van der Waals surface area contributed by atoms with E-state index in [1.165, 1.54) is 25.7 Å². The van der Waals surface area contributed by atoms with Crippen LogP contribution in [0.3, 0.4) is 0 Å². The molecule has 1 saturated carbocycles. The number of rotatable bonds is 3. The number of carbonyl (C=O) groups is 2.